The van der Waals surface area contributed by atoms with Crippen LogP contribution in [0.4, 0.5) is 10.5 Å². The predicted molar refractivity (Wildman–Crippen MR) is 115 cm³/mol. The van der Waals surface area contributed by atoms with E-state index in [-0.39, 0.29) is 6.03 Å². The van der Waals surface area contributed by atoms with Gasteiger partial charge in [-0.3, -0.25) is 4.98 Å². The van der Waals surface area contributed by atoms with Crippen molar-refractivity contribution >= 4 is 46.5 Å². The van der Waals surface area contributed by atoms with E-state index in [2.05, 4.69) is 10.3 Å². The van der Waals surface area contributed by atoms with Crippen LogP contribution in [0.3, 0.4) is 0 Å². The highest BCUT2D eigenvalue weighted by Crippen LogP contribution is 2.22. The smallest absolute Gasteiger partial charge is 0.318 e. The monoisotopic (exact) mass is 433 g/mol. The first kappa shape index (κ1) is 20.5. The number of halogens is 3. The van der Waals surface area contributed by atoms with Gasteiger partial charge < -0.3 is 10.2 Å². The molecule has 7 heteroatoms. The zero-order chi connectivity index (χ0) is 19.9. The number of amides is 2. The summed E-state index contributed by atoms with van der Waals surface area (Å²) in [6.07, 6.45) is 2.30. The van der Waals surface area contributed by atoms with Crippen molar-refractivity contribution in [3.63, 3.8) is 0 Å². The van der Waals surface area contributed by atoms with Gasteiger partial charge in [0, 0.05) is 33.5 Å². The first-order valence-corrected chi connectivity index (χ1v) is 9.80. The lowest BCUT2D eigenvalue weighted by Gasteiger charge is -2.23. The van der Waals surface area contributed by atoms with Crippen molar-refractivity contribution in [2.45, 2.75) is 13.0 Å². The third-order valence-corrected chi connectivity index (χ3v) is 4.93. The summed E-state index contributed by atoms with van der Waals surface area (Å²) < 4.78 is 0. The van der Waals surface area contributed by atoms with Crippen LogP contribution in [0.25, 0.3) is 0 Å². The fourth-order valence-corrected chi connectivity index (χ4v) is 3.38. The number of urea groups is 1. The maximum absolute atomic E-state index is 12.9. The third kappa shape index (κ3) is 5.86. The number of carbonyl (C=O) groups excluding carboxylic acids is 1. The number of anilines is 1. The van der Waals surface area contributed by atoms with Crippen molar-refractivity contribution in [1.82, 2.24) is 9.88 Å². The second kappa shape index (κ2) is 9.78. The Morgan fingerprint density at radius 1 is 0.964 bits per heavy atom. The molecule has 0 aliphatic heterocycles. The van der Waals surface area contributed by atoms with Crippen LogP contribution in [-0.4, -0.2) is 22.5 Å². The number of nitrogens with one attached hydrogen (secondary N) is 1. The molecule has 28 heavy (non-hydrogen) atoms. The topological polar surface area (TPSA) is 45.2 Å². The quantitative estimate of drug-likeness (QED) is 0.493. The normalized spacial score (nSPS) is 10.5. The van der Waals surface area contributed by atoms with Crippen molar-refractivity contribution in [3.05, 3.63) is 93.2 Å². The van der Waals surface area contributed by atoms with Crippen LogP contribution in [0.2, 0.25) is 15.1 Å². The molecule has 4 nitrogen and oxygen atoms in total. The van der Waals surface area contributed by atoms with Gasteiger partial charge in [0.2, 0.25) is 0 Å². The molecule has 2 aromatic carbocycles. The standard InChI is InChI=1S/C21H18Cl3N3O/c22-16-4-3-6-18(12-16)26-21(28)27(14-19-5-1-2-10-25-19)11-9-15-7-8-17(23)13-20(15)24/h1-8,10,12-13H,9,11,14H2,(H,26,28). The van der Waals surface area contributed by atoms with E-state index in [0.29, 0.717) is 40.3 Å². The summed E-state index contributed by atoms with van der Waals surface area (Å²) in [7, 11) is 0. The maximum atomic E-state index is 12.9. The zero-order valence-corrected chi connectivity index (χ0v) is 17.2. The number of carbonyl (C=O) groups is 1. The molecule has 0 aliphatic carbocycles. The summed E-state index contributed by atoms with van der Waals surface area (Å²) in [5.74, 6) is 0. The van der Waals surface area contributed by atoms with Crippen molar-refractivity contribution in [2.24, 2.45) is 0 Å². The van der Waals surface area contributed by atoms with Crippen molar-refractivity contribution in [1.29, 1.82) is 0 Å². The van der Waals surface area contributed by atoms with Gasteiger partial charge in [0.1, 0.15) is 0 Å². The van der Waals surface area contributed by atoms with Gasteiger partial charge in [-0.2, -0.15) is 0 Å². The van der Waals surface area contributed by atoms with Crippen molar-refractivity contribution in [3.8, 4) is 0 Å². The molecule has 0 fully saturated rings. The summed E-state index contributed by atoms with van der Waals surface area (Å²) in [4.78, 5) is 18.9. The average Bonchev–Trinajstić information content (AvgIpc) is 2.67. The van der Waals surface area contributed by atoms with E-state index in [9.17, 15) is 4.79 Å². The van der Waals surface area contributed by atoms with Crippen molar-refractivity contribution < 1.29 is 4.79 Å². The minimum atomic E-state index is -0.238. The van der Waals surface area contributed by atoms with Gasteiger partial charge >= 0.3 is 6.03 Å². The van der Waals surface area contributed by atoms with Crippen LogP contribution in [0.15, 0.2) is 66.9 Å². The van der Waals surface area contributed by atoms with Gasteiger partial charge in [0.25, 0.3) is 0 Å². The largest absolute Gasteiger partial charge is 0.322 e. The Bertz CT molecular complexity index is 951. The summed E-state index contributed by atoms with van der Waals surface area (Å²) >= 11 is 18.2. The average molecular weight is 435 g/mol. The Kier molecular flexibility index (Phi) is 7.15. The van der Waals surface area contributed by atoms with Crippen LogP contribution >= 0.6 is 34.8 Å². The Balaban J connectivity index is 1.74. The van der Waals surface area contributed by atoms with Crippen LogP contribution < -0.4 is 5.32 Å². The van der Waals surface area contributed by atoms with Crippen LogP contribution in [0.1, 0.15) is 11.3 Å². The number of nitrogens with zero attached hydrogens (tertiary/aromatic N) is 2. The molecule has 0 spiro atoms. The lowest BCUT2D eigenvalue weighted by atomic mass is 10.1. The molecule has 0 aliphatic rings. The molecule has 144 valence electrons. The molecular weight excluding hydrogens is 417 g/mol. The molecule has 3 aromatic rings. The Morgan fingerprint density at radius 2 is 1.79 bits per heavy atom. The number of benzene rings is 2. The number of hydrogen-bond acceptors (Lipinski definition) is 2. The zero-order valence-electron chi connectivity index (χ0n) is 14.9. The SMILES string of the molecule is O=C(Nc1cccc(Cl)c1)N(CCc1ccc(Cl)cc1Cl)Cc1ccccn1. The van der Waals surface area contributed by atoms with Crippen molar-refractivity contribution in [2.75, 3.05) is 11.9 Å². The lowest BCUT2D eigenvalue weighted by molar-refractivity contribution is 0.209. The number of rotatable bonds is 6. The van der Waals surface area contributed by atoms with Crippen LogP contribution in [0, 0.1) is 0 Å². The highest BCUT2D eigenvalue weighted by molar-refractivity contribution is 6.35. The second-order valence-electron chi connectivity index (χ2n) is 6.17. The van der Waals surface area contributed by atoms with Gasteiger partial charge in [0.05, 0.1) is 12.2 Å². The number of hydrogen-bond donors (Lipinski definition) is 1. The Labute approximate surface area is 179 Å². The Hall–Kier alpha value is -2.27. The van der Waals surface area contributed by atoms with E-state index in [1.165, 1.54) is 0 Å². The molecule has 0 unspecified atom stereocenters. The second-order valence-corrected chi connectivity index (χ2v) is 7.45. The van der Waals surface area contributed by atoms with E-state index in [4.69, 9.17) is 34.8 Å². The molecule has 0 saturated heterocycles. The fraction of sp³-hybridized carbons (Fsp3) is 0.143. The highest BCUT2D eigenvalue weighted by atomic mass is 35.5. The molecule has 1 N–H and O–H groups in total. The van der Waals surface area contributed by atoms with Gasteiger partial charge in [-0.15, -0.1) is 0 Å². The minimum Gasteiger partial charge on any atom is -0.318 e. The van der Waals surface area contributed by atoms with E-state index in [1.807, 2.05) is 24.3 Å². The van der Waals surface area contributed by atoms with Gasteiger partial charge in [-0.05, 0) is 54.4 Å². The first-order valence-electron chi connectivity index (χ1n) is 8.66. The highest BCUT2D eigenvalue weighted by Gasteiger charge is 2.16. The minimum absolute atomic E-state index is 0.238. The molecule has 0 saturated carbocycles. The third-order valence-electron chi connectivity index (χ3n) is 4.11. The van der Waals surface area contributed by atoms with E-state index < -0.39 is 0 Å². The van der Waals surface area contributed by atoms with Crippen LogP contribution in [0.5, 0.6) is 0 Å². The molecule has 3 rings (SSSR count). The fourth-order valence-electron chi connectivity index (χ4n) is 2.69. The van der Waals surface area contributed by atoms with Gasteiger partial charge in [0.15, 0.2) is 0 Å². The summed E-state index contributed by atoms with van der Waals surface area (Å²) in [6, 6.07) is 17.8. The summed E-state index contributed by atoms with van der Waals surface area (Å²) in [5, 5.41) is 4.61. The lowest BCUT2D eigenvalue weighted by Crippen LogP contribution is -2.36. The maximum Gasteiger partial charge on any atom is 0.322 e. The number of aromatic nitrogens is 1. The summed E-state index contributed by atoms with van der Waals surface area (Å²) in [5.41, 5.74) is 2.35. The van der Waals surface area contributed by atoms with E-state index in [0.717, 1.165) is 11.3 Å². The molecule has 0 atom stereocenters. The molecule has 1 heterocycles. The number of pyridine rings is 1. The molecular formula is C21H18Cl3N3O. The Morgan fingerprint density at radius 3 is 2.50 bits per heavy atom. The summed E-state index contributed by atoms with van der Waals surface area (Å²) in [6.45, 7) is 0.836. The predicted octanol–water partition coefficient (Wildman–Crippen LogP) is 6.32. The molecule has 2 amide bonds. The van der Waals surface area contributed by atoms with E-state index in [1.54, 1.807) is 47.5 Å². The van der Waals surface area contributed by atoms with Gasteiger partial charge in [-0.25, -0.2) is 4.79 Å². The van der Waals surface area contributed by atoms with Gasteiger partial charge in [-0.1, -0.05) is 53.0 Å². The molecule has 1 aromatic heterocycles. The van der Waals surface area contributed by atoms with E-state index >= 15 is 0 Å². The molecule has 0 radical (unpaired) electrons. The first-order chi connectivity index (χ1) is 13.5. The van der Waals surface area contributed by atoms with Crippen LogP contribution in [-0.2, 0) is 13.0 Å². The molecule has 0 bridgehead atoms.